The van der Waals surface area contributed by atoms with Gasteiger partial charge >= 0.3 is 0 Å². The van der Waals surface area contributed by atoms with Gasteiger partial charge in [-0.05, 0) is 0 Å². The molecule has 2 rings (SSSR count). The van der Waals surface area contributed by atoms with E-state index in [9.17, 15) is 4.79 Å². The van der Waals surface area contributed by atoms with Crippen molar-refractivity contribution in [2.75, 3.05) is 5.73 Å². The molecule has 0 amide bonds. The van der Waals surface area contributed by atoms with Crippen molar-refractivity contribution in [3.63, 3.8) is 0 Å². The molecule has 0 aliphatic carbocycles. The van der Waals surface area contributed by atoms with Crippen molar-refractivity contribution in [1.82, 2.24) is 19.7 Å². The van der Waals surface area contributed by atoms with Gasteiger partial charge in [-0.3, -0.25) is 4.79 Å². The number of aromatic amines is 1. The van der Waals surface area contributed by atoms with Crippen molar-refractivity contribution in [3.05, 3.63) is 34.6 Å². The van der Waals surface area contributed by atoms with Crippen molar-refractivity contribution in [3.8, 4) is 5.82 Å². The molecule has 2 aromatic heterocycles. The fourth-order valence-corrected chi connectivity index (χ4v) is 1.32. The van der Waals surface area contributed by atoms with E-state index in [1.165, 1.54) is 16.9 Å². The molecule has 84 valence electrons. The third kappa shape index (κ3) is 1.95. The number of nitrogens with two attached hydrogens (primary N) is 1. The number of H-pyrrole nitrogens is 1. The van der Waals surface area contributed by atoms with Crippen LogP contribution >= 0.6 is 0 Å². The summed E-state index contributed by atoms with van der Waals surface area (Å²) in [5, 5.41) is 4.00. The molecular weight excluding hydrogens is 206 g/mol. The van der Waals surface area contributed by atoms with Crippen LogP contribution in [0.5, 0.6) is 0 Å². The van der Waals surface area contributed by atoms with Crippen LogP contribution in [0, 0.1) is 0 Å². The van der Waals surface area contributed by atoms with Crippen molar-refractivity contribution in [1.29, 1.82) is 0 Å². The first-order valence-corrected chi connectivity index (χ1v) is 4.98. The predicted molar refractivity (Wildman–Crippen MR) is 60.5 cm³/mol. The molecule has 0 unspecified atom stereocenters. The average molecular weight is 219 g/mol. The molecule has 0 fully saturated rings. The number of nitrogen functional groups attached to an aromatic ring is 1. The van der Waals surface area contributed by atoms with E-state index in [4.69, 9.17) is 5.73 Å². The first-order valence-electron chi connectivity index (χ1n) is 4.98. The van der Waals surface area contributed by atoms with Crippen LogP contribution in [0.3, 0.4) is 0 Å². The zero-order valence-electron chi connectivity index (χ0n) is 9.14. The van der Waals surface area contributed by atoms with E-state index >= 15 is 0 Å². The lowest BCUT2D eigenvalue weighted by Crippen LogP contribution is -2.15. The molecule has 16 heavy (non-hydrogen) atoms. The van der Waals surface area contributed by atoms with Gasteiger partial charge in [0.05, 0.1) is 18.1 Å². The first-order chi connectivity index (χ1) is 7.56. The quantitative estimate of drug-likeness (QED) is 0.776. The summed E-state index contributed by atoms with van der Waals surface area (Å²) in [6.07, 6.45) is 3.13. The fraction of sp³-hybridized carbons (Fsp3) is 0.300. The Labute approximate surface area is 92.1 Å². The molecule has 0 bridgehead atoms. The molecule has 0 atom stereocenters. The maximum Gasteiger partial charge on any atom is 0.253 e. The van der Waals surface area contributed by atoms with E-state index in [-0.39, 0.29) is 11.5 Å². The third-order valence-corrected chi connectivity index (χ3v) is 2.13. The van der Waals surface area contributed by atoms with Crippen molar-refractivity contribution >= 4 is 5.69 Å². The first kappa shape index (κ1) is 10.4. The number of rotatable bonds is 2. The lowest BCUT2D eigenvalue weighted by atomic mass is 10.2. The van der Waals surface area contributed by atoms with Gasteiger partial charge in [-0.2, -0.15) is 5.10 Å². The number of anilines is 1. The number of nitrogens with zero attached hydrogens (tertiary/aromatic N) is 3. The second-order valence-corrected chi connectivity index (χ2v) is 3.86. The van der Waals surface area contributed by atoms with Crippen LogP contribution in [0.2, 0.25) is 0 Å². The van der Waals surface area contributed by atoms with E-state index in [1.54, 1.807) is 6.20 Å². The van der Waals surface area contributed by atoms with Gasteiger partial charge in [-0.25, -0.2) is 9.67 Å². The summed E-state index contributed by atoms with van der Waals surface area (Å²) in [4.78, 5) is 18.4. The molecular formula is C10H13N5O. The van der Waals surface area contributed by atoms with Crippen LogP contribution in [0.25, 0.3) is 5.82 Å². The van der Waals surface area contributed by atoms with Crippen LogP contribution in [0.1, 0.15) is 25.6 Å². The summed E-state index contributed by atoms with van der Waals surface area (Å²) in [6, 6.07) is 1.39. The maximum absolute atomic E-state index is 11.4. The highest BCUT2D eigenvalue weighted by atomic mass is 16.1. The largest absolute Gasteiger partial charge is 0.396 e. The van der Waals surface area contributed by atoms with Gasteiger partial charge in [-0.15, -0.1) is 0 Å². The highest BCUT2D eigenvalue weighted by Gasteiger charge is 2.07. The molecule has 0 saturated carbocycles. The summed E-state index contributed by atoms with van der Waals surface area (Å²) in [7, 11) is 0. The summed E-state index contributed by atoms with van der Waals surface area (Å²) < 4.78 is 1.48. The molecule has 0 radical (unpaired) electrons. The zero-order valence-corrected chi connectivity index (χ0v) is 9.14. The smallest absolute Gasteiger partial charge is 0.253 e. The molecule has 6 nitrogen and oxygen atoms in total. The minimum Gasteiger partial charge on any atom is -0.396 e. The number of nitrogens with one attached hydrogen (secondary N) is 1. The fourth-order valence-electron chi connectivity index (χ4n) is 1.32. The van der Waals surface area contributed by atoms with Gasteiger partial charge in [0.15, 0.2) is 5.82 Å². The van der Waals surface area contributed by atoms with Gasteiger partial charge in [0.1, 0.15) is 5.82 Å². The number of hydrogen-bond donors (Lipinski definition) is 2. The van der Waals surface area contributed by atoms with Gasteiger partial charge in [0.25, 0.3) is 5.56 Å². The summed E-state index contributed by atoms with van der Waals surface area (Å²) in [5.41, 5.74) is 5.90. The standard InChI is InChI=1S/C10H13N5O/c1-6(2)10-13-8(3-9(16)14-10)15-5-7(11)4-12-15/h3-6H,11H2,1-2H3,(H,13,14,16). The Kier molecular flexibility index (Phi) is 2.47. The van der Waals surface area contributed by atoms with Gasteiger partial charge < -0.3 is 10.7 Å². The van der Waals surface area contributed by atoms with E-state index in [2.05, 4.69) is 15.1 Å². The van der Waals surface area contributed by atoms with Crippen LogP contribution < -0.4 is 11.3 Å². The Balaban J connectivity index is 2.53. The van der Waals surface area contributed by atoms with E-state index in [1.807, 2.05) is 13.8 Å². The van der Waals surface area contributed by atoms with Crippen molar-refractivity contribution in [2.45, 2.75) is 19.8 Å². The second kappa shape index (κ2) is 3.80. The molecule has 2 aromatic rings. The van der Waals surface area contributed by atoms with Crippen molar-refractivity contribution in [2.24, 2.45) is 0 Å². The van der Waals surface area contributed by atoms with Gasteiger partial charge in [-0.1, -0.05) is 13.8 Å². The van der Waals surface area contributed by atoms with Gasteiger partial charge in [0, 0.05) is 12.0 Å². The molecule has 0 aliphatic rings. The molecule has 2 heterocycles. The molecule has 3 N–H and O–H groups in total. The normalized spacial score (nSPS) is 10.9. The number of aromatic nitrogens is 4. The predicted octanol–water partition coefficient (Wildman–Crippen LogP) is 0.661. The zero-order chi connectivity index (χ0) is 11.7. The van der Waals surface area contributed by atoms with Gasteiger partial charge in [0.2, 0.25) is 0 Å². The van der Waals surface area contributed by atoms with Crippen LogP contribution in [0.4, 0.5) is 5.69 Å². The molecule has 0 saturated heterocycles. The average Bonchev–Trinajstić information content (AvgIpc) is 2.64. The monoisotopic (exact) mass is 219 g/mol. The Hall–Kier alpha value is -2.11. The second-order valence-electron chi connectivity index (χ2n) is 3.86. The third-order valence-electron chi connectivity index (χ3n) is 2.13. The summed E-state index contributed by atoms with van der Waals surface area (Å²) >= 11 is 0. The molecule has 0 spiro atoms. The minimum atomic E-state index is -0.192. The maximum atomic E-state index is 11.4. The minimum absolute atomic E-state index is 0.153. The summed E-state index contributed by atoms with van der Waals surface area (Å²) in [6.45, 7) is 3.92. The number of hydrogen-bond acceptors (Lipinski definition) is 4. The van der Waals surface area contributed by atoms with E-state index < -0.39 is 0 Å². The van der Waals surface area contributed by atoms with Crippen LogP contribution in [0.15, 0.2) is 23.3 Å². The Bertz CT molecular complexity index is 554. The highest BCUT2D eigenvalue weighted by molar-refractivity contribution is 5.34. The SMILES string of the molecule is CC(C)c1nc(-n2cc(N)cn2)cc(=O)[nH]1. The van der Waals surface area contributed by atoms with E-state index in [0.717, 1.165) is 0 Å². The lowest BCUT2D eigenvalue weighted by molar-refractivity contribution is 0.738. The Morgan fingerprint density at radius 1 is 1.50 bits per heavy atom. The topological polar surface area (TPSA) is 89.6 Å². The van der Waals surface area contributed by atoms with Crippen molar-refractivity contribution < 1.29 is 0 Å². The highest BCUT2D eigenvalue weighted by Crippen LogP contribution is 2.09. The Morgan fingerprint density at radius 3 is 2.81 bits per heavy atom. The molecule has 0 aliphatic heterocycles. The van der Waals surface area contributed by atoms with E-state index in [0.29, 0.717) is 17.3 Å². The lowest BCUT2D eigenvalue weighted by Gasteiger charge is -2.06. The van der Waals surface area contributed by atoms with Crippen LogP contribution in [-0.2, 0) is 0 Å². The Morgan fingerprint density at radius 2 is 2.25 bits per heavy atom. The van der Waals surface area contributed by atoms with Crippen LogP contribution in [-0.4, -0.2) is 19.7 Å². The molecule has 6 heteroatoms. The molecule has 0 aromatic carbocycles. The summed E-state index contributed by atoms with van der Waals surface area (Å²) in [5.74, 6) is 1.27.